The molecule has 2 fully saturated rings. The zero-order valence-electron chi connectivity index (χ0n) is 10.8. The first-order valence-corrected chi connectivity index (χ1v) is 6.62. The molecule has 2 rings (SSSR count). The van der Waals surface area contributed by atoms with E-state index in [1.165, 1.54) is 19.3 Å². The van der Waals surface area contributed by atoms with Gasteiger partial charge >= 0.3 is 0 Å². The summed E-state index contributed by atoms with van der Waals surface area (Å²) in [7, 11) is 1.79. The summed E-state index contributed by atoms with van der Waals surface area (Å²) < 4.78 is 11.1. The average Bonchev–Trinajstić information content (AvgIpc) is 3.03. The SMILES string of the molecule is CCOC1CC(NCC2(CC)CC2)C1OC. The van der Waals surface area contributed by atoms with Gasteiger partial charge in [0, 0.05) is 26.3 Å². The molecule has 0 saturated heterocycles. The summed E-state index contributed by atoms with van der Waals surface area (Å²) in [6.07, 6.45) is 5.77. The summed E-state index contributed by atoms with van der Waals surface area (Å²) in [4.78, 5) is 0. The molecular weight excluding hydrogens is 202 g/mol. The lowest BCUT2D eigenvalue weighted by Crippen LogP contribution is -2.60. The minimum atomic E-state index is 0.257. The Morgan fingerprint density at radius 1 is 1.31 bits per heavy atom. The summed E-state index contributed by atoms with van der Waals surface area (Å²) >= 11 is 0. The second-order valence-electron chi connectivity index (χ2n) is 5.27. The number of methoxy groups -OCH3 is 1. The Balaban J connectivity index is 1.71. The molecule has 3 unspecified atom stereocenters. The Bertz CT molecular complexity index is 228. The van der Waals surface area contributed by atoms with Gasteiger partial charge in [-0.05, 0) is 38.0 Å². The van der Waals surface area contributed by atoms with Gasteiger partial charge in [0.25, 0.3) is 0 Å². The predicted octanol–water partition coefficient (Wildman–Crippen LogP) is 1.96. The Labute approximate surface area is 98.9 Å². The summed E-state index contributed by atoms with van der Waals surface area (Å²) in [6.45, 7) is 6.29. The van der Waals surface area contributed by atoms with E-state index in [9.17, 15) is 0 Å². The van der Waals surface area contributed by atoms with E-state index in [0.29, 0.717) is 17.6 Å². The monoisotopic (exact) mass is 227 g/mol. The molecule has 3 atom stereocenters. The molecule has 2 aliphatic carbocycles. The van der Waals surface area contributed by atoms with Crippen LogP contribution in [0.3, 0.4) is 0 Å². The molecule has 2 saturated carbocycles. The molecule has 3 nitrogen and oxygen atoms in total. The minimum absolute atomic E-state index is 0.257. The van der Waals surface area contributed by atoms with Crippen LogP contribution in [0.15, 0.2) is 0 Å². The lowest BCUT2D eigenvalue weighted by Gasteiger charge is -2.44. The van der Waals surface area contributed by atoms with Crippen LogP contribution in [0.4, 0.5) is 0 Å². The number of nitrogens with one attached hydrogen (secondary N) is 1. The Hall–Kier alpha value is -0.120. The van der Waals surface area contributed by atoms with Gasteiger partial charge in [0.1, 0.15) is 0 Å². The van der Waals surface area contributed by atoms with Crippen molar-refractivity contribution < 1.29 is 9.47 Å². The molecule has 0 bridgehead atoms. The average molecular weight is 227 g/mol. The summed E-state index contributed by atoms with van der Waals surface area (Å²) in [5.74, 6) is 0. The first-order chi connectivity index (χ1) is 7.74. The predicted molar refractivity (Wildman–Crippen MR) is 64.6 cm³/mol. The first-order valence-electron chi connectivity index (χ1n) is 6.62. The molecule has 16 heavy (non-hydrogen) atoms. The van der Waals surface area contributed by atoms with Crippen LogP contribution in [0.25, 0.3) is 0 Å². The van der Waals surface area contributed by atoms with Gasteiger partial charge in [-0.15, -0.1) is 0 Å². The third-order valence-electron chi connectivity index (χ3n) is 4.35. The quantitative estimate of drug-likeness (QED) is 0.721. The maximum absolute atomic E-state index is 5.62. The van der Waals surface area contributed by atoms with Gasteiger partial charge in [-0.3, -0.25) is 0 Å². The van der Waals surface area contributed by atoms with Crippen molar-refractivity contribution in [1.82, 2.24) is 5.32 Å². The molecule has 0 spiro atoms. The van der Waals surface area contributed by atoms with E-state index in [0.717, 1.165) is 19.6 Å². The number of ether oxygens (including phenoxy) is 2. The van der Waals surface area contributed by atoms with Crippen LogP contribution in [0, 0.1) is 5.41 Å². The fourth-order valence-electron chi connectivity index (χ4n) is 2.65. The van der Waals surface area contributed by atoms with Crippen LogP contribution in [-0.4, -0.2) is 38.5 Å². The van der Waals surface area contributed by atoms with E-state index in [-0.39, 0.29) is 6.10 Å². The number of hydrogen-bond donors (Lipinski definition) is 1. The van der Waals surface area contributed by atoms with Crippen LogP contribution < -0.4 is 5.32 Å². The first kappa shape index (κ1) is 12.3. The lowest BCUT2D eigenvalue weighted by molar-refractivity contribution is -0.131. The smallest absolute Gasteiger partial charge is 0.0986 e. The van der Waals surface area contributed by atoms with E-state index in [1.807, 2.05) is 6.92 Å². The molecule has 0 amide bonds. The van der Waals surface area contributed by atoms with Gasteiger partial charge in [-0.1, -0.05) is 6.92 Å². The Kier molecular flexibility index (Phi) is 3.88. The standard InChI is InChI=1S/C13H25NO2/c1-4-13(6-7-13)9-14-10-8-11(16-5-2)12(10)15-3/h10-12,14H,4-9H2,1-3H3. The van der Waals surface area contributed by atoms with E-state index in [2.05, 4.69) is 12.2 Å². The van der Waals surface area contributed by atoms with Crippen LogP contribution >= 0.6 is 0 Å². The van der Waals surface area contributed by atoms with Gasteiger partial charge in [-0.25, -0.2) is 0 Å². The molecule has 1 N–H and O–H groups in total. The van der Waals surface area contributed by atoms with Crippen LogP contribution in [0.5, 0.6) is 0 Å². The highest BCUT2D eigenvalue weighted by atomic mass is 16.5. The van der Waals surface area contributed by atoms with Crippen molar-refractivity contribution in [1.29, 1.82) is 0 Å². The van der Waals surface area contributed by atoms with Gasteiger partial charge < -0.3 is 14.8 Å². The van der Waals surface area contributed by atoms with Crippen molar-refractivity contribution in [3.8, 4) is 0 Å². The van der Waals surface area contributed by atoms with Gasteiger partial charge in [0.2, 0.25) is 0 Å². The second kappa shape index (κ2) is 5.03. The molecule has 0 aromatic heterocycles. The summed E-state index contributed by atoms with van der Waals surface area (Å²) in [5, 5.41) is 3.66. The highest BCUT2D eigenvalue weighted by Crippen LogP contribution is 2.48. The highest BCUT2D eigenvalue weighted by molar-refractivity contribution is 5.00. The maximum Gasteiger partial charge on any atom is 0.0986 e. The third-order valence-corrected chi connectivity index (χ3v) is 4.35. The zero-order chi connectivity index (χ0) is 11.6. The van der Waals surface area contributed by atoms with Gasteiger partial charge in [0.15, 0.2) is 0 Å². The lowest BCUT2D eigenvalue weighted by atomic mass is 9.84. The Morgan fingerprint density at radius 3 is 2.56 bits per heavy atom. The molecule has 2 aliphatic rings. The van der Waals surface area contributed by atoms with Crippen LogP contribution in [-0.2, 0) is 9.47 Å². The Morgan fingerprint density at radius 2 is 2.06 bits per heavy atom. The van der Waals surface area contributed by atoms with Crippen LogP contribution in [0.1, 0.15) is 39.5 Å². The summed E-state index contributed by atoms with van der Waals surface area (Å²) in [6, 6.07) is 0.505. The minimum Gasteiger partial charge on any atom is -0.377 e. The van der Waals surface area contributed by atoms with Crippen molar-refractivity contribution in [2.24, 2.45) is 5.41 Å². The van der Waals surface area contributed by atoms with E-state index < -0.39 is 0 Å². The van der Waals surface area contributed by atoms with E-state index >= 15 is 0 Å². The normalized spacial score (nSPS) is 35.8. The number of rotatable bonds is 7. The van der Waals surface area contributed by atoms with Gasteiger partial charge in [-0.2, -0.15) is 0 Å². The highest BCUT2D eigenvalue weighted by Gasteiger charge is 2.45. The zero-order valence-corrected chi connectivity index (χ0v) is 10.8. The van der Waals surface area contributed by atoms with E-state index in [4.69, 9.17) is 9.47 Å². The molecule has 0 aliphatic heterocycles. The third kappa shape index (κ3) is 2.41. The van der Waals surface area contributed by atoms with E-state index in [1.54, 1.807) is 7.11 Å². The second-order valence-corrected chi connectivity index (χ2v) is 5.27. The number of hydrogen-bond acceptors (Lipinski definition) is 3. The molecular formula is C13H25NO2. The van der Waals surface area contributed by atoms with Crippen molar-refractivity contribution in [3.63, 3.8) is 0 Å². The van der Waals surface area contributed by atoms with Gasteiger partial charge in [0.05, 0.1) is 12.2 Å². The topological polar surface area (TPSA) is 30.5 Å². The largest absolute Gasteiger partial charge is 0.377 e. The molecule has 0 heterocycles. The fraction of sp³-hybridized carbons (Fsp3) is 1.00. The fourth-order valence-corrected chi connectivity index (χ4v) is 2.65. The summed E-state index contributed by atoms with van der Waals surface area (Å²) in [5.41, 5.74) is 0.620. The van der Waals surface area contributed by atoms with Crippen molar-refractivity contribution in [2.75, 3.05) is 20.3 Å². The van der Waals surface area contributed by atoms with Crippen LogP contribution in [0.2, 0.25) is 0 Å². The van der Waals surface area contributed by atoms with Crippen molar-refractivity contribution in [2.45, 2.75) is 57.8 Å². The maximum atomic E-state index is 5.62. The van der Waals surface area contributed by atoms with Crippen molar-refractivity contribution in [3.05, 3.63) is 0 Å². The molecule has 0 radical (unpaired) electrons. The van der Waals surface area contributed by atoms with Crippen molar-refractivity contribution >= 4 is 0 Å². The molecule has 0 aromatic carbocycles. The molecule has 0 aromatic rings. The molecule has 3 heteroatoms. The molecule has 94 valence electrons.